The Kier molecular flexibility index (Phi) is 5.70. The summed E-state index contributed by atoms with van der Waals surface area (Å²) in [6.45, 7) is 7.97. The van der Waals surface area contributed by atoms with Crippen molar-refractivity contribution in [3.8, 4) is 0 Å². The Bertz CT molecular complexity index is 311. The third-order valence-corrected chi connectivity index (χ3v) is 3.55. The molecule has 0 saturated heterocycles. The van der Waals surface area contributed by atoms with Gasteiger partial charge in [0.15, 0.2) is 0 Å². The van der Waals surface area contributed by atoms with Crippen molar-refractivity contribution in [1.82, 2.24) is 5.32 Å². The topological polar surface area (TPSA) is 12.0 Å². The largest absolute Gasteiger partial charge is 0.320 e. The number of hydrogen-bond donors (Lipinski definition) is 1. The van der Waals surface area contributed by atoms with Gasteiger partial charge in [-0.25, -0.2) is 0 Å². The second-order valence-electron chi connectivity index (χ2n) is 5.54. The second-order valence-corrected chi connectivity index (χ2v) is 5.54. The van der Waals surface area contributed by atoms with Crippen LogP contribution in [-0.4, -0.2) is 13.6 Å². The van der Waals surface area contributed by atoms with Gasteiger partial charge in [0.2, 0.25) is 0 Å². The first-order chi connectivity index (χ1) is 8.10. The molecule has 0 aliphatic heterocycles. The predicted octanol–water partition coefficient (Wildman–Crippen LogP) is 3.92. The fourth-order valence-corrected chi connectivity index (χ4v) is 2.09. The lowest BCUT2D eigenvalue weighted by atomic mass is 9.81. The highest BCUT2D eigenvalue weighted by Gasteiger charge is 2.19. The highest BCUT2D eigenvalue weighted by atomic mass is 14.8. The summed E-state index contributed by atoms with van der Waals surface area (Å²) in [7, 11) is 2.02. The van der Waals surface area contributed by atoms with Crippen LogP contribution in [0.4, 0.5) is 0 Å². The molecule has 96 valence electrons. The highest BCUT2D eigenvalue weighted by molar-refractivity contribution is 5.28. The van der Waals surface area contributed by atoms with Crippen molar-refractivity contribution in [2.45, 2.75) is 51.9 Å². The maximum atomic E-state index is 3.23. The van der Waals surface area contributed by atoms with Crippen molar-refractivity contribution in [2.24, 2.45) is 0 Å². The van der Waals surface area contributed by atoms with Gasteiger partial charge in [0.25, 0.3) is 0 Å². The molecule has 0 aromatic heterocycles. The summed E-state index contributed by atoms with van der Waals surface area (Å²) in [5, 5.41) is 3.23. The smallest absolute Gasteiger partial charge is 0.00436 e. The van der Waals surface area contributed by atoms with Gasteiger partial charge in [0, 0.05) is 0 Å². The molecule has 1 heteroatoms. The van der Waals surface area contributed by atoms with Gasteiger partial charge in [-0.1, -0.05) is 51.5 Å². The van der Waals surface area contributed by atoms with Gasteiger partial charge in [-0.05, 0) is 49.4 Å². The Morgan fingerprint density at radius 2 is 1.76 bits per heavy atom. The summed E-state index contributed by atoms with van der Waals surface area (Å²) in [6.07, 6.45) is 4.96. The van der Waals surface area contributed by atoms with Crippen molar-refractivity contribution < 1.29 is 0 Å². The quantitative estimate of drug-likeness (QED) is 0.753. The SMILES string of the molecule is CCCCc1ccc(C(C)(C)CCNC)cc1. The van der Waals surface area contributed by atoms with Gasteiger partial charge < -0.3 is 5.32 Å². The van der Waals surface area contributed by atoms with Gasteiger partial charge in [0.1, 0.15) is 0 Å². The summed E-state index contributed by atoms with van der Waals surface area (Å²) in [5.74, 6) is 0. The first-order valence-corrected chi connectivity index (χ1v) is 6.84. The monoisotopic (exact) mass is 233 g/mol. The van der Waals surface area contributed by atoms with E-state index in [1.807, 2.05) is 7.05 Å². The molecule has 1 N–H and O–H groups in total. The van der Waals surface area contributed by atoms with Crippen molar-refractivity contribution in [1.29, 1.82) is 0 Å². The van der Waals surface area contributed by atoms with E-state index in [4.69, 9.17) is 0 Å². The maximum Gasteiger partial charge on any atom is -0.00436 e. The van der Waals surface area contributed by atoms with E-state index < -0.39 is 0 Å². The van der Waals surface area contributed by atoms with Crippen LogP contribution in [0.15, 0.2) is 24.3 Å². The van der Waals surface area contributed by atoms with Crippen molar-refractivity contribution in [3.05, 3.63) is 35.4 Å². The second kappa shape index (κ2) is 6.80. The van der Waals surface area contributed by atoms with Gasteiger partial charge in [0.05, 0.1) is 0 Å². The molecule has 0 heterocycles. The molecule has 0 unspecified atom stereocenters. The van der Waals surface area contributed by atoms with E-state index >= 15 is 0 Å². The highest BCUT2D eigenvalue weighted by Crippen LogP contribution is 2.26. The molecule has 1 aromatic rings. The number of hydrogen-bond acceptors (Lipinski definition) is 1. The third-order valence-electron chi connectivity index (χ3n) is 3.55. The average molecular weight is 233 g/mol. The molecule has 0 aliphatic rings. The van der Waals surface area contributed by atoms with Crippen LogP contribution in [0, 0.1) is 0 Å². The minimum Gasteiger partial charge on any atom is -0.320 e. The molecule has 0 fully saturated rings. The Morgan fingerprint density at radius 3 is 2.29 bits per heavy atom. The summed E-state index contributed by atoms with van der Waals surface area (Å²) in [4.78, 5) is 0. The number of benzene rings is 1. The number of unbranched alkanes of at least 4 members (excludes halogenated alkanes) is 1. The molecule has 0 radical (unpaired) electrons. The summed E-state index contributed by atoms with van der Waals surface area (Å²) in [5.41, 5.74) is 3.19. The summed E-state index contributed by atoms with van der Waals surface area (Å²) in [6, 6.07) is 9.21. The average Bonchev–Trinajstić information content (AvgIpc) is 2.34. The number of nitrogens with one attached hydrogen (secondary N) is 1. The molecular weight excluding hydrogens is 206 g/mol. The third kappa shape index (κ3) is 4.51. The standard InChI is InChI=1S/C16H27N/c1-5-6-7-14-8-10-15(11-9-14)16(2,3)12-13-17-4/h8-11,17H,5-7,12-13H2,1-4H3. The van der Waals surface area contributed by atoms with E-state index in [-0.39, 0.29) is 5.41 Å². The minimum absolute atomic E-state index is 0.270. The van der Waals surface area contributed by atoms with Crippen molar-refractivity contribution in [2.75, 3.05) is 13.6 Å². The van der Waals surface area contributed by atoms with Crippen molar-refractivity contribution in [3.63, 3.8) is 0 Å². The van der Waals surface area contributed by atoms with Crippen LogP contribution in [0.3, 0.4) is 0 Å². The summed E-state index contributed by atoms with van der Waals surface area (Å²) < 4.78 is 0. The van der Waals surface area contributed by atoms with Crippen LogP contribution < -0.4 is 5.32 Å². The van der Waals surface area contributed by atoms with Gasteiger partial charge in [-0.2, -0.15) is 0 Å². The molecule has 0 saturated carbocycles. The van der Waals surface area contributed by atoms with Crippen LogP contribution in [0.5, 0.6) is 0 Å². The molecule has 1 rings (SSSR count). The first-order valence-electron chi connectivity index (χ1n) is 6.84. The van der Waals surface area contributed by atoms with Crippen LogP contribution >= 0.6 is 0 Å². The molecule has 1 aromatic carbocycles. The van der Waals surface area contributed by atoms with Crippen LogP contribution in [-0.2, 0) is 11.8 Å². The molecule has 0 atom stereocenters. The van der Waals surface area contributed by atoms with Crippen LogP contribution in [0.2, 0.25) is 0 Å². The van der Waals surface area contributed by atoms with Gasteiger partial charge in [-0.3, -0.25) is 0 Å². The van der Waals surface area contributed by atoms with E-state index in [1.54, 1.807) is 0 Å². The molecule has 0 bridgehead atoms. The van der Waals surface area contributed by atoms with E-state index in [0.717, 1.165) is 6.54 Å². The van der Waals surface area contributed by atoms with E-state index in [9.17, 15) is 0 Å². The van der Waals surface area contributed by atoms with E-state index in [2.05, 4.69) is 50.4 Å². The maximum absolute atomic E-state index is 3.23. The molecular formula is C16H27N. The van der Waals surface area contributed by atoms with E-state index in [1.165, 1.54) is 36.8 Å². The zero-order valence-corrected chi connectivity index (χ0v) is 11.8. The normalized spacial score (nSPS) is 11.8. The van der Waals surface area contributed by atoms with Crippen molar-refractivity contribution >= 4 is 0 Å². The Hall–Kier alpha value is -0.820. The Balaban J connectivity index is 2.65. The molecule has 0 amide bonds. The lowest BCUT2D eigenvalue weighted by Crippen LogP contribution is -2.23. The van der Waals surface area contributed by atoms with Crippen LogP contribution in [0.25, 0.3) is 0 Å². The fraction of sp³-hybridized carbons (Fsp3) is 0.625. The zero-order chi connectivity index (χ0) is 12.7. The molecule has 1 nitrogen and oxygen atoms in total. The van der Waals surface area contributed by atoms with Gasteiger partial charge in [-0.15, -0.1) is 0 Å². The molecule has 17 heavy (non-hydrogen) atoms. The number of rotatable bonds is 7. The van der Waals surface area contributed by atoms with Crippen LogP contribution in [0.1, 0.15) is 51.2 Å². The first kappa shape index (κ1) is 14.2. The lowest BCUT2D eigenvalue weighted by molar-refractivity contribution is 0.468. The predicted molar refractivity (Wildman–Crippen MR) is 76.6 cm³/mol. The Morgan fingerprint density at radius 1 is 1.12 bits per heavy atom. The summed E-state index contributed by atoms with van der Waals surface area (Å²) >= 11 is 0. The molecule has 0 aliphatic carbocycles. The zero-order valence-electron chi connectivity index (χ0n) is 11.8. The minimum atomic E-state index is 0.270. The fourth-order valence-electron chi connectivity index (χ4n) is 2.09. The lowest BCUT2D eigenvalue weighted by Gasteiger charge is -2.25. The Labute approximate surface area is 107 Å². The van der Waals surface area contributed by atoms with Gasteiger partial charge >= 0.3 is 0 Å². The molecule has 0 spiro atoms. The van der Waals surface area contributed by atoms with E-state index in [0.29, 0.717) is 0 Å². The number of aryl methyl sites for hydroxylation is 1.